The van der Waals surface area contributed by atoms with E-state index in [9.17, 15) is 14.7 Å². The Kier molecular flexibility index (Phi) is 6.62. The number of nitrogens with one attached hydrogen (secondary N) is 1. The highest BCUT2D eigenvalue weighted by molar-refractivity contribution is 7.21. The lowest BCUT2D eigenvalue weighted by Gasteiger charge is -2.41. The van der Waals surface area contributed by atoms with Gasteiger partial charge in [0.1, 0.15) is 16.5 Å². The second kappa shape index (κ2) is 13.1. The molecule has 3 aromatic rings. The Morgan fingerprint density at radius 3 is 2.40 bits per heavy atom. The number of amides is 1. The van der Waals surface area contributed by atoms with Crippen molar-refractivity contribution >= 4 is 73.7 Å². The fourth-order valence-corrected chi connectivity index (χ4v) is 7.61. The number of thiophene rings is 1. The third-order valence-corrected chi connectivity index (χ3v) is 10.1. The summed E-state index contributed by atoms with van der Waals surface area (Å²) in [5.41, 5.74) is 0.0417. The van der Waals surface area contributed by atoms with Crippen molar-refractivity contribution < 1.29 is 25.7 Å². The highest BCUT2D eigenvalue weighted by Crippen LogP contribution is 2.42. The molecule has 9 nitrogen and oxygen atoms in total. The molecule has 0 atom stereocenters. The first kappa shape index (κ1) is 21.3. The number of rotatable bonds is 7. The van der Waals surface area contributed by atoms with Crippen molar-refractivity contribution in [2.24, 2.45) is 5.92 Å². The van der Waals surface area contributed by atoms with Gasteiger partial charge in [0.15, 0.2) is 5.13 Å². The first-order valence-electron chi connectivity index (χ1n) is 17.7. The number of thiazole rings is 1. The number of hydrogen-bond acceptors (Lipinski definition) is 9. The van der Waals surface area contributed by atoms with Crippen molar-refractivity contribution in [2.75, 3.05) is 54.2 Å². The zero-order valence-corrected chi connectivity index (χ0v) is 25.5. The largest absolute Gasteiger partial charge is 0.481 e. The molecule has 0 unspecified atom stereocenters. The van der Waals surface area contributed by atoms with Gasteiger partial charge in [0.25, 0.3) is 5.91 Å². The van der Waals surface area contributed by atoms with Gasteiger partial charge >= 0.3 is 5.97 Å². The summed E-state index contributed by atoms with van der Waals surface area (Å²) in [6.45, 7) is -11.4. The van der Waals surface area contributed by atoms with Crippen LogP contribution in [0.15, 0.2) is 23.7 Å². The van der Waals surface area contributed by atoms with E-state index in [1.807, 2.05) is 4.90 Å². The predicted molar refractivity (Wildman–Crippen MR) is 171 cm³/mol. The van der Waals surface area contributed by atoms with Crippen molar-refractivity contribution in [1.82, 2.24) is 14.9 Å². The zero-order chi connectivity index (χ0) is 36.4. The standard InChI is InChI=1S/C29H34Cl2N6O3S2/c30-20-15-23(41-17-20)24-27(37-12-10-35(11-13-37)21-4-2-1-3-5-21)42-29(33-24)34-26(38)19-14-22(31)25(32-16-19)36-8-6-18(7-9-36)28(39)40/h14-18,21H,1-13H2,(H,39,40)(H,33,34,38)/i10D2,11D2,12D2,13D2. The Labute approximate surface area is 274 Å². The SMILES string of the molecule is [2H]C1([2H])N(c2sc(NC(=O)c3cnc(N4CCC(C(=O)O)CC4)c(Cl)c3)nc2-c2cc(Cl)cs2)C([2H])([2H])C([2H])([2H])N(C2CCCCC2)C1([2H])[2H]. The van der Waals surface area contributed by atoms with Crippen molar-refractivity contribution in [3.8, 4) is 10.6 Å². The molecule has 5 heterocycles. The second-order valence-electron chi connectivity index (χ2n) is 10.3. The lowest BCUT2D eigenvalue weighted by Crippen LogP contribution is -2.50. The Balaban J connectivity index is 1.34. The van der Waals surface area contributed by atoms with Crippen LogP contribution in [-0.2, 0) is 4.79 Å². The van der Waals surface area contributed by atoms with E-state index in [0.717, 1.165) is 22.7 Å². The van der Waals surface area contributed by atoms with E-state index >= 15 is 0 Å². The minimum atomic E-state index is -3.12. The van der Waals surface area contributed by atoms with Gasteiger partial charge in [-0.15, -0.1) is 11.3 Å². The van der Waals surface area contributed by atoms with Crippen molar-refractivity contribution in [3.63, 3.8) is 0 Å². The van der Waals surface area contributed by atoms with E-state index in [0.29, 0.717) is 83.6 Å². The molecule has 1 saturated carbocycles. The van der Waals surface area contributed by atoms with Crippen LogP contribution in [0.4, 0.5) is 16.0 Å². The number of anilines is 3. The summed E-state index contributed by atoms with van der Waals surface area (Å²) in [7, 11) is 0. The molecule has 2 N–H and O–H groups in total. The Bertz CT molecular complexity index is 1750. The summed E-state index contributed by atoms with van der Waals surface area (Å²) in [4.78, 5) is 37.1. The average Bonchev–Trinajstić information content (AvgIpc) is 3.66. The van der Waals surface area contributed by atoms with E-state index in [1.165, 1.54) is 18.3 Å². The minimum Gasteiger partial charge on any atom is -0.481 e. The normalized spacial score (nSPS) is 26.9. The molecule has 2 saturated heterocycles. The van der Waals surface area contributed by atoms with Gasteiger partial charge in [-0.25, -0.2) is 9.97 Å². The van der Waals surface area contributed by atoms with Crippen molar-refractivity contribution in [1.29, 1.82) is 0 Å². The highest BCUT2D eigenvalue weighted by atomic mass is 35.5. The quantitative estimate of drug-likeness (QED) is 0.294. The van der Waals surface area contributed by atoms with Gasteiger partial charge < -0.3 is 14.9 Å². The average molecular weight is 658 g/mol. The highest BCUT2D eigenvalue weighted by Gasteiger charge is 2.29. The lowest BCUT2D eigenvalue weighted by atomic mass is 9.94. The molecule has 0 spiro atoms. The number of carbonyl (C=O) groups is 2. The van der Waals surface area contributed by atoms with Crippen LogP contribution in [0.5, 0.6) is 0 Å². The van der Waals surface area contributed by atoms with Crippen LogP contribution in [0.1, 0.15) is 66.3 Å². The summed E-state index contributed by atoms with van der Waals surface area (Å²) in [5.74, 6) is -1.58. The molecule has 0 radical (unpaired) electrons. The lowest BCUT2D eigenvalue weighted by molar-refractivity contribution is -0.142. The summed E-state index contributed by atoms with van der Waals surface area (Å²) in [6, 6.07) is 2.21. The van der Waals surface area contributed by atoms with Gasteiger partial charge in [0.05, 0.1) is 31.9 Å². The molecule has 13 heteroatoms. The molecule has 42 heavy (non-hydrogen) atoms. The third-order valence-electron chi connectivity index (χ3n) is 7.57. The molecule has 3 aliphatic rings. The van der Waals surface area contributed by atoms with Gasteiger partial charge in [0.2, 0.25) is 0 Å². The fraction of sp³-hybridized carbons (Fsp3) is 0.517. The summed E-state index contributed by atoms with van der Waals surface area (Å²) >= 11 is 14.5. The van der Waals surface area contributed by atoms with E-state index < -0.39 is 49.8 Å². The maximum atomic E-state index is 13.5. The van der Waals surface area contributed by atoms with Crippen LogP contribution >= 0.6 is 45.9 Å². The van der Waals surface area contributed by atoms with Crippen LogP contribution in [0.25, 0.3) is 10.6 Å². The number of piperidine rings is 1. The fourth-order valence-electron chi connectivity index (χ4n) is 5.30. The molecular formula is C29H34Cl2N6O3S2. The summed E-state index contributed by atoms with van der Waals surface area (Å²) in [6.07, 6.45) is 5.23. The molecule has 1 amide bonds. The Morgan fingerprint density at radius 1 is 1.02 bits per heavy atom. The minimum absolute atomic E-state index is 0.0102. The number of aromatic nitrogens is 2. The maximum absolute atomic E-state index is 13.5. The second-order valence-corrected chi connectivity index (χ2v) is 13.1. The molecule has 3 aromatic heterocycles. The van der Waals surface area contributed by atoms with E-state index in [-0.39, 0.29) is 26.4 Å². The smallest absolute Gasteiger partial charge is 0.306 e. The third kappa shape index (κ3) is 6.55. The Hall–Kier alpha value is -2.44. The van der Waals surface area contributed by atoms with Crippen molar-refractivity contribution in [2.45, 2.75) is 51.0 Å². The Morgan fingerprint density at radius 2 is 1.76 bits per heavy atom. The first-order chi connectivity index (χ1) is 23.4. The van der Waals surface area contributed by atoms with Crippen LogP contribution in [0, 0.1) is 5.92 Å². The van der Waals surface area contributed by atoms with Crippen molar-refractivity contribution in [3.05, 3.63) is 39.3 Å². The predicted octanol–water partition coefficient (Wildman–Crippen LogP) is 6.58. The number of aliphatic carboxylic acids is 1. The molecular weight excluding hydrogens is 615 g/mol. The maximum Gasteiger partial charge on any atom is 0.306 e. The van der Waals surface area contributed by atoms with Gasteiger partial charge in [-0.3, -0.25) is 19.8 Å². The number of halogens is 2. The zero-order valence-electron chi connectivity index (χ0n) is 30.4. The van der Waals surface area contributed by atoms with Gasteiger partial charge in [-0.05, 0) is 37.8 Å². The molecule has 1 aliphatic carbocycles. The van der Waals surface area contributed by atoms with E-state index in [1.54, 1.807) is 5.38 Å². The van der Waals surface area contributed by atoms with E-state index in [4.69, 9.17) is 34.2 Å². The monoisotopic (exact) mass is 656 g/mol. The van der Waals surface area contributed by atoms with E-state index in [2.05, 4.69) is 15.3 Å². The number of nitrogens with zero attached hydrogens (tertiary/aromatic N) is 5. The van der Waals surface area contributed by atoms with Gasteiger partial charge in [0, 0.05) is 62.2 Å². The molecule has 0 aromatic carbocycles. The number of piperazine rings is 1. The molecule has 6 rings (SSSR count). The summed E-state index contributed by atoms with van der Waals surface area (Å²) in [5, 5.41) is 13.7. The van der Waals surface area contributed by atoms with Gasteiger partial charge in [-0.1, -0.05) is 53.8 Å². The van der Waals surface area contributed by atoms with Crippen LogP contribution in [0.2, 0.25) is 10.0 Å². The van der Waals surface area contributed by atoms with Crippen LogP contribution in [-0.4, -0.2) is 77.0 Å². The number of carboxylic acid groups (broad SMARTS) is 1. The first-order valence-corrected chi connectivity index (χ1v) is 16.1. The molecule has 0 bridgehead atoms. The molecule has 3 fully saturated rings. The number of pyridine rings is 1. The number of hydrogen-bond donors (Lipinski definition) is 2. The van der Waals surface area contributed by atoms with Crippen LogP contribution in [0.3, 0.4) is 0 Å². The topological polar surface area (TPSA) is 102 Å². The van der Waals surface area contributed by atoms with Gasteiger partial charge in [-0.2, -0.15) is 0 Å². The molecule has 2 aliphatic heterocycles. The number of carboxylic acids is 1. The number of carbonyl (C=O) groups excluding carboxylic acids is 1. The molecule has 224 valence electrons. The summed E-state index contributed by atoms with van der Waals surface area (Å²) < 4.78 is 72.4. The van der Waals surface area contributed by atoms with Crippen LogP contribution < -0.4 is 15.1 Å².